The molecular weight excluding hydrogens is 930 g/mol. The molecule has 0 spiro atoms. The number of fused-ring (bicyclic) bond motifs is 4. The molecule has 7 amide bonds. The van der Waals surface area contributed by atoms with Crippen LogP contribution in [0.4, 0.5) is 0 Å². The number of oxazole rings is 1. The molecule has 2 aromatic heterocycles. The molecular formula is C47H64BrN9O10. The summed E-state index contributed by atoms with van der Waals surface area (Å²) in [6, 6.07) is -1.69. The summed E-state index contributed by atoms with van der Waals surface area (Å²) in [4.78, 5) is 119. The van der Waals surface area contributed by atoms with E-state index in [4.69, 9.17) is 4.42 Å². The largest absolute Gasteiger partial charge is 0.508 e. The Morgan fingerprint density at radius 1 is 0.940 bits per heavy atom. The Morgan fingerprint density at radius 2 is 1.70 bits per heavy atom. The van der Waals surface area contributed by atoms with Crippen LogP contribution in [-0.4, -0.2) is 110 Å². The van der Waals surface area contributed by atoms with Gasteiger partial charge >= 0.3 is 0 Å². The zero-order chi connectivity index (χ0) is 48.9. The van der Waals surface area contributed by atoms with Crippen LogP contribution >= 0.6 is 15.9 Å². The number of carbonyl (C=O) groups excluding carboxylic acids is 8. The first kappa shape index (κ1) is 51.9. The Balaban J connectivity index is 1.48. The number of phenolic OH excluding ortho intramolecular Hbond substituents is 1. The van der Waals surface area contributed by atoms with Crippen LogP contribution in [-0.2, 0) is 44.8 Å². The minimum Gasteiger partial charge on any atom is -0.508 e. The molecule has 7 unspecified atom stereocenters. The molecule has 20 heteroatoms. The van der Waals surface area contributed by atoms with Crippen LogP contribution in [0.25, 0.3) is 17.0 Å². The van der Waals surface area contributed by atoms with E-state index in [1.54, 1.807) is 26.0 Å². The van der Waals surface area contributed by atoms with Crippen molar-refractivity contribution in [2.75, 3.05) is 13.1 Å². The highest BCUT2D eigenvalue weighted by atomic mass is 79.9. The Bertz CT molecular complexity index is 2330. The zero-order valence-corrected chi connectivity index (χ0v) is 40.5. The Labute approximate surface area is 398 Å². The number of carbonyl (C=O) groups is 8. The molecule has 1 fully saturated rings. The number of aromatic hydroxyl groups is 1. The van der Waals surface area contributed by atoms with E-state index in [-0.39, 0.29) is 99.5 Å². The maximum atomic E-state index is 14.6. The molecule has 0 saturated carbocycles. The van der Waals surface area contributed by atoms with Crippen LogP contribution in [0, 0.1) is 11.8 Å². The summed E-state index contributed by atoms with van der Waals surface area (Å²) in [7, 11) is 0. The van der Waals surface area contributed by atoms with Crippen molar-refractivity contribution in [1.29, 1.82) is 0 Å². The molecule has 2 aliphatic rings. The monoisotopic (exact) mass is 993 g/mol. The number of nitrogens with one attached hydrogen (secondary N) is 7. The summed E-state index contributed by atoms with van der Waals surface area (Å²) in [6.07, 6.45) is 6.25. The summed E-state index contributed by atoms with van der Waals surface area (Å²) in [5.74, 6) is -5.16. The Kier molecular flexibility index (Phi) is 18.7. The summed E-state index contributed by atoms with van der Waals surface area (Å²) in [5, 5.41) is 27.5. The summed E-state index contributed by atoms with van der Waals surface area (Å²) in [6.45, 7) is 11.2. The number of Topliss-reactive ketones (excluding diaryl/α,β-unsaturated/α-hetero) is 1. The molecule has 8 N–H and O–H groups in total. The fraction of sp³-hybridized carbons (Fsp3) is 0.553. The Hall–Kier alpha value is -6.05. The third-order valence-electron chi connectivity index (χ3n) is 12.1. The van der Waals surface area contributed by atoms with E-state index in [2.05, 4.69) is 57.8 Å². The van der Waals surface area contributed by atoms with Crippen LogP contribution in [0.1, 0.15) is 123 Å². The molecule has 1 saturated heterocycles. The second-order valence-electron chi connectivity index (χ2n) is 17.8. The van der Waals surface area contributed by atoms with Crippen molar-refractivity contribution in [3.63, 3.8) is 0 Å². The molecule has 0 radical (unpaired) electrons. The van der Waals surface area contributed by atoms with E-state index in [9.17, 15) is 43.5 Å². The van der Waals surface area contributed by atoms with Gasteiger partial charge in [-0.05, 0) is 103 Å². The van der Waals surface area contributed by atoms with Gasteiger partial charge in [0.15, 0.2) is 0 Å². The number of halogens is 1. The number of phenols is 1. The highest BCUT2D eigenvalue weighted by molar-refractivity contribution is 9.10. The molecule has 3 aromatic rings. The van der Waals surface area contributed by atoms with Gasteiger partial charge in [-0.2, -0.15) is 0 Å². The number of hydrogen-bond acceptors (Lipinski definition) is 11. The second kappa shape index (κ2) is 24.1. The average molecular weight is 995 g/mol. The molecule has 19 nitrogen and oxygen atoms in total. The maximum absolute atomic E-state index is 14.6. The topological polar surface area (TPSA) is 274 Å². The van der Waals surface area contributed by atoms with E-state index in [0.29, 0.717) is 27.5 Å². The van der Waals surface area contributed by atoms with Crippen molar-refractivity contribution >= 4 is 80.0 Å². The van der Waals surface area contributed by atoms with Gasteiger partial charge in [-0.25, -0.2) is 4.98 Å². The van der Waals surface area contributed by atoms with E-state index in [0.717, 1.165) is 6.42 Å². The SMILES string of the molecule is CCC(C)CC(=O)NC(CC)C(=O)NC1CCCNC(=O)C(Cc2c(Br)[nH]c3ccc(O)cc23)NC(=O)C=Cc2coc(n2)C(CC)NC(=O)C(=O)C(CC(C)C)NC(=O)C2CCCN2C1=O. The lowest BCUT2D eigenvalue weighted by atomic mass is 9.98. The van der Waals surface area contributed by atoms with Crippen molar-refractivity contribution in [2.45, 2.75) is 142 Å². The lowest BCUT2D eigenvalue weighted by Crippen LogP contribution is -2.58. The van der Waals surface area contributed by atoms with Gasteiger partial charge < -0.3 is 51.3 Å². The van der Waals surface area contributed by atoms with Gasteiger partial charge in [0.05, 0.1) is 10.6 Å². The smallest absolute Gasteiger partial charge is 0.290 e. The van der Waals surface area contributed by atoms with Crippen LogP contribution < -0.4 is 31.9 Å². The lowest BCUT2D eigenvalue weighted by molar-refractivity contribution is -0.144. The molecule has 0 aliphatic carbocycles. The van der Waals surface area contributed by atoms with Gasteiger partial charge in [-0.3, -0.25) is 38.4 Å². The van der Waals surface area contributed by atoms with Crippen LogP contribution in [0.3, 0.4) is 0 Å². The van der Waals surface area contributed by atoms with Crippen molar-refractivity contribution in [1.82, 2.24) is 46.8 Å². The highest BCUT2D eigenvalue weighted by Crippen LogP contribution is 2.30. The van der Waals surface area contributed by atoms with Crippen LogP contribution in [0.2, 0.25) is 0 Å². The fourth-order valence-electron chi connectivity index (χ4n) is 8.17. The van der Waals surface area contributed by atoms with Crippen molar-refractivity contribution < 1.29 is 47.9 Å². The lowest BCUT2D eigenvalue weighted by Gasteiger charge is -2.31. The number of nitrogens with zero attached hydrogens (tertiary/aromatic N) is 2. The number of H-pyrrole nitrogens is 1. The average Bonchev–Trinajstić information content (AvgIpc) is 4.05. The van der Waals surface area contributed by atoms with Crippen molar-refractivity contribution in [2.24, 2.45) is 11.8 Å². The first-order chi connectivity index (χ1) is 31.9. The highest BCUT2D eigenvalue weighted by Gasteiger charge is 2.40. The molecule has 2 bridgehead atoms. The second-order valence-corrected chi connectivity index (χ2v) is 18.6. The van der Waals surface area contributed by atoms with Crippen LogP contribution in [0.15, 0.2) is 39.6 Å². The van der Waals surface area contributed by atoms with Gasteiger partial charge in [0.25, 0.3) is 5.91 Å². The number of aromatic amines is 1. The minimum absolute atomic E-state index is 0.0000285. The maximum Gasteiger partial charge on any atom is 0.290 e. The number of hydrogen-bond donors (Lipinski definition) is 8. The molecule has 2 aliphatic heterocycles. The van der Waals surface area contributed by atoms with Gasteiger partial charge in [0.1, 0.15) is 47.9 Å². The zero-order valence-electron chi connectivity index (χ0n) is 39.0. The normalized spacial score (nSPS) is 22.6. The number of benzene rings is 1. The fourth-order valence-corrected chi connectivity index (χ4v) is 8.76. The molecule has 5 rings (SSSR count). The predicted molar refractivity (Wildman–Crippen MR) is 252 cm³/mol. The summed E-state index contributed by atoms with van der Waals surface area (Å²) >= 11 is 3.52. The summed E-state index contributed by atoms with van der Waals surface area (Å²) in [5.41, 5.74) is 1.50. The molecule has 67 heavy (non-hydrogen) atoms. The minimum atomic E-state index is -1.23. The number of ketones is 1. The van der Waals surface area contributed by atoms with Gasteiger partial charge in [-0.1, -0.05) is 48.0 Å². The first-order valence-electron chi connectivity index (χ1n) is 23.2. The molecule has 4 heterocycles. The van der Waals surface area contributed by atoms with E-state index in [1.165, 1.54) is 29.4 Å². The van der Waals surface area contributed by atoms with E-state index >= 15 is 0 Å². The number of amides is 7. The number of aromatic nitrogens is 2. The van der Waals surface area contributed by atoms with Gasteiger partial charge in [0.2, 0.25) is 47.1 Å². The van der Waals surface area contributed by atoms with Crippen molar-refractivity contribution in [3.8, 4) is 5.75 Å². The van der Waals surface area contributed by atoms with Gasteiger partial charge in [-0.15, -0.1) is 0 Å². The van der Waals surface area contributed by atoms with E-state index in [1.807, 2.05) is 27.7 Å². The number of rotatable bonds is 12. The van der Waals surface area contributed by atoms with E-state index < -0.39 is 77.5 Å². The predicted octanol–water partition coefficient (Wildman–Crippen LogP) is 3.75. The molecule has 364 valence electrons. The molecule has 7 atom stereocenters. The standard InChI is InChI=1S/C47H64BrN9O10/c1-7-26(6)21-39(60)51-31(8-2)43(63)55-34-12-10-18-49-42(62)36(23-30-29-22-28(58)15-16-33(29)53-41(30)48)52-38(59)17-14-27-24-67-46(50-27)32(9-3)54-45(65)40(61)35(20-25(4)5)56-44(64)37-13-11-19-57(37)47(34)66/h14-17,22,24-26,31-32,34-37,53,58H,7-13,18-21,23H2,1-6H3,(H,49,62)(H,51,60)(H,52,59)(H,54,65)(H,55,63)(H,56,64). The van der Waals surface area contributed by atoms with Crippen LogP contribution in [0.5, 0.6) is 5.75 Å². The quantitative estimate of drug-likeness (QED) is 0.121. The van der Waals surface area contributed by atoms with Gasteiger partial charge in [0, 0.05) is 42.9 Å². The third-order valence-corrected chi connectivity index (χ3v) is 12.8. The third kappa shape index (κ3) is 14.0. The first-order valence-corrected chi connectivity index (χ1v) is 24.0. The summed E-state index contributed by atoms with van der Waals surface area (Å²) < 4.78 is 6.18. The van der Waals surface area contributed by atoms with Crippen molar-refractivity contribution in [3.05, 3.63) is 52.3 Å². The molecule has 1 aromatic carbocycles. The Morgan fingerprint density at radius 3 is 2.40 bits per heavy atom.